The van der Waals surface area contributed by atoms with Crippen LogP contribution >= 0.6 is 12.8 Å². The number of hydrogen-bond acceptors (Lipinski definition) is 3. The van der Waals surface area contributed by atoms with E-state index in [0.717, 1.165) is 23.6 Å². The number of ether oxygens (including phenoxy) is 1. The Balaban J connectivity index is 2.02. The van der Waals surface area contributed by atoms with Crippen LogP contribution in [0.2, 0.25) is 0 Å². The Labute approximate surface area is 106 Å². The first-order chi connectivity index (χ1) is 8.20. The first kappa shape index (κ1) is 12.4. The quantitative estimate of drug-likeness (QED) is 0.627. The van der Waals surface area contributed by atoms with E-state index in [2.05, 4.69) is 17.2 Å². The molecule has 1 aromatic carbocycles. The lowest BCUT2D eigenvalue weighted by atomic mass is 10.1. The molecule has 1 fully saturated rings. The van der Waals surface area contributed by atoms with Gasteiger partial charge in [0, 0.05) is 5.56 Å². The van der Waals surface area contributed by atoms with Crippen molar-refractivity contribution in [3.8, 4) is 5.75 Å². The first-order valence-corrected chi connectivity index (χ1v) is 6.22. The average molecular weight is 253 g/mol. The van der Waals surface area contributed by atoms with Crippen LogP contribution in [0, 0.1) is 11.7 Å². The fourth-order valence-corrected chi connectivity index (χ4v) is 1.75. The summed E-state index contributed by atoms with van der Waals surface area (Å²) in [6.07, 6.45) is 3.60. The van der Waals surface area contributed by atoms with Crippen molar-refractivity contribution in [1.29, 1.82) is 0 Å². The molecule has 17 heavy (non-hydrogen) atoms. The van der Waals surface area contributed by atoms with Crippen LogP contribution in [0.15, 0.2) is 22.6 Å². The minimum Gasteiger partial charge on any atom is -0.490 e. The van der Waals surface area contributed by atoms with Gasteiger partial charge in [0.15, 0.2) is 11.6 Å². The van der Waals surface area contributed by atoms with Crippen LogP contribution in [-0.4, -0.2) is 12.3 Å². The molecular weight excluding hydrogens is 237 g/mol. The smallest absolute Gasteiger partial charge is 0.165 e. The van der Waals surface area contributed by atoms with Crippen molar-refractivity contribution in [2.24, 2.45) is 10.3 Å². The standard InChI is InChI=1S/C13H16FNOS/c1-9(15-17)11-4-5-12(14)13(8-11)16-7-6-10-2-3-10/h4-5,8,10,17H,2-3,6-7H2,1H3/b15-9+. The van der Waals surface area contributed by atoms with E-state index >= 15 is 0 Å². The molecular formula is C13H16FNOS. The van der Waals surface area contributed by atoms with Gasteiger partial charge in [0.1, 0.15) is 0 Å². The van der Waals surface area contributed by atoms with Gasteiger partial charge in [-0.1, -0.05) is 12.8 Å². The van der Waals surface area contributed by atoms with E-state index < -0.39 is 0 Å². The molecule has 1 aliphatic rings. The fourth-order valence-electron chi connectivity index (χ4n) is 1.64. The van der Waals surface area contributed by atoms with Gasteiger partial charge >= 0.3 is 0 Å². The minimum atomic E-state index is -0.323. The van der Waals surface area contributed by atoms with Crippen LogP contribution < -0.4 is 4.74 Å². The summed E-state index contributed by atoms with van der Waals surface area (Å²) in [4.78, 5) is 0. The van der Waals surface area contributed by atoms with Crippen molar-refractivity contribution in [2.75, 3.05) is 6.61 Å². The zero-order valence-corrected chi connectivity index (χ0v) is 10.7. The van der Waals surface area contributed by atoms with Gasteiger partial charge in [-0.25, -0.2) is 8.79 Å². The Morgan fingerprint density at radius 3 is 2.94 bits per heavy atom. The van der Waals surface area contributed by atoms with E-state index in [1.54, 1.807) is 12.1 Å². The van der Waals surface area contributed by atoms with Crippen molar-refractivity contribution >= 4 is 18.5 Å². The Morgan fingerprint density at radius 2 is 2.29 bits per heavy atom. The molecule has 1 saturated carbocycles. The van der Waals surface area contributed by atoms with Crippen LogP contribution in [0.4, 0.5) is 4.39 Å². The maximum absolute atomic E-state index is 13.5. The summed E-state index contributed by atoms with van der Waals surface area (Å²) in [5.41, 5.74) is 1.59. The topological polar surface area (TPSA) is 21.6 Å². The van der Waals surface area contributed by atoms with Gasteiger partial charge < -0.3 is 4.74 Å². The van der Waals surface area contributed by atoms with Gasteiger partial charge in [0.25, 0.3) is 0 Å². The second kappa shape index (κ2) is 5.54. The van der Waals surface area contributed by atoms with Gasteiger partial charge in [0.2, 0.25) is 0 Å². The van der Waals surface area contributed by atoms with Gasteiger partial charge in [-0.3, -0.25) is 0 Å². The Bertz CT molecular complexity index is 429. The maximum Gasteiger partial charge on any atom is 0.165 e. The molecule has 0 spiro atoms. The van der Waals surface area contributed by atoms with E-state index in [0.29, 0.717) is 12.4 Å². The van der Waals surface area contributed by atoms with Crippen molar-refractivity contribution in [3.05, 3.63) is 29.6 Å². The summed E-state index contributed by atoms with van der Waals surface area (Å²) in [6.45, 7) is 2.41. The normalized spacial score (nSPS) is 16.1. The van der Waals surface area contributed by atoms with Crippen LogP contribution in [0.3, 0.4) is 0 Å². The Morgan fingerprint density at radius 1 is 1.53 bits per heavy atom. The third-order valence-corrected chi connectivity index (χ3v) is 3.28. The van der Waals surface area contributed by atoms with Gasteiger partial charge in [-0.2, -0.15) is 0 Å². The summed E-state index contributed by atoms with van der Waals surface area (Å²) >= 11 is 3.85. The molecule has 0 bridgehead atoms. The predicted molar refractivity (Wildman–Crippen MR) is 70.4 cm³/mol. The van der Waals surface area contributed by atoms with E-state index in [9.17, 15) is 4.39 Å². The molecule has 1 aromatic rings. The second-order valence-corrected chi connectivity index (χ2v) is 4.61. The van der Waals surface area contributed by atoms with Gasteiger partial charge in [0.05, 0.1) is 12.3 Å². The van der Waals surface area contributed by atoms with Crippen LogP contribution in [0.5, 0.6) is 5.75 Å². The zero-order chi connectivity index (χ0) is 12.3. The molecule has 2 rings (SSSR count). The van der Waals surface area contributed by atoms with E-state index in [-0.39, 0.29) is 5.82 Å². The molecule has 0 amide bonds. The SMILES string of the molecule is C/C(=N\S)c1ccc(F)c(OCCC2CC2)c1. The highest BCUT2D eigenvalue weighted by molar-refractivity contribution is 7.79. The molecule has 0 radical (unpaired) electrons. The lowest BCUT2D eigenvalue weighted by molar-refractivity contribution is 0.288. The summed E-state index contributed by atoms with van der Waals surface area (Å²) in [5.74, 6) is 0.776. The summed E-state index contributed by atoms with van der Waals surface area (Å²) in [5, 5.41) is 0. The van der Waals surface area contributed by atoms with Crippen molar-refractivity contribution in [1.82, 2.24) is 0 Å². The third kappa shape index (κ3) is 3.46. The summed E-state index contributed by atoms with van der Waals surface area (Å²) < 4.78 is 22.7. The lowest BCUT2D eigenvalue weighted by Crippen LogP contribution is -2.02. The highest BCUT2D eigenvalue weighted by Crippen LogP contribution is 2.32. The van der Waals surface area contributed by atoms with Crippen LogP contribution in [0.25, 0.3) is 0 Å². The molecule has 0 unspecified atom stereocenters. The average Bonchev–Trinajstić information content (AvgIpc) is 3.14. The fraction of sp³-hybridized carbons (Fsp3) is 0.462. The molecule has 0 aliphatic heterocycles. The second-order valence-electron chi connectivity index (χ2n) is 4.41. The lowest BCUT2D eigenvalue weighted by Gasteiger charge is -2.08. The molecule has 1 aliphatic carbocycles. The van der Waals surface area contributed by atoms with E-state index in [4.69, 9.17) is 4.74 Å². The van der Waals surface area contributed by atoms with Gasteiger partial charge in [-0.15, -0.1) is 0 Å². The number of rotatable bonds is 5. The third-order valence-electron chi connectivity index (χ3n) is 2.98. The molecule has 0 aromatic heterocycles. The number of hydrogen-bond donors (Lipinski definition) is 1. The highest BCUT2D eigenvalue weighted by Gasteiger charge is 2.21. The first-order valence-electron chi connectivity index (χ1n) is 5.82. The maximum atomic E-state index is 13.5. The summed E-state index contributed by atoms with van der Waals surface area (Å²) in [6, 6.07) is 4.76. The largest absolute Gasteiger partial charge is 0.490 e. The van der Waals surface area contributed by atoms with Gasteiger partial charge in [-0.05, 0) is 50.3 Å². The van der Waals surface area contributed by atoms with E-state index in [1.807, 2.05) is 6.92 Å². The van der Waals surface area contributed by atoms with Crippen molar-refractivity contribution < 1.29 is 9.13 Å². The van der Waals surface area contributed by atoms with Crippen molar-refractivity contribution in [3.63, 3.8) is 0 Å². The molecule has 0 N–H and O–H groups in total. The van der Waals surface area contributed by atoms with Crippen molar-refractivity contribution in [2.45, 2.75) is 26.2 Å². The molecule has 0 saturated heterocycles. The molecule has 92 valence electrons. The molecule has 2 nitrogen and oxygen atoms in total. The number of nitrogens with zero attached hydrogens (tertiary/aromatic N) is 1. The minimum absolute atomic E-state index is 0.305. The Hall–Kier alpha value is -1.03. The number of thiol groups is 1. The van der Waals surface area contributed by atoms with E-state index in [1.165, 1.54) is 18.9 Å². The summed E-state index contributed by atoms with van der Waals surface area (Å²) in [7, 11) is 0. The molecule has 0 atom stereocenters. The monoisotopic (exact) mass is 253 g/mol. The predicted octanol–water partition coefficient (Wildman–Crippen LogP) is 3.66. The van der Waals surface area contributed by atoms with Crippen LogP contribution in [-0.2, 0) is 0 Å². The van der Waals surface area contributed by atoms with Crippen LogP contribution in [0.1, 0.15) is 31.7 Å². The zero-order valence-electron chi connectivity index (χ0n) is 9.82. The highest BCUT2D eigenvalue weighted by atomic mass is 32.1. The molecule has 4 heteroatoms. The number of halogens is 1. The molecule has 0 heterocycles. The Kier molecular flexibility index (Phi) is 4.05. The number of benzene rings is 1.